The summed E-state index contributed by atoms with van der Waals surface area (Å²) in [5.74, 6) is -0.433. The number of benzene rings is 1. The highest BCUT2D eigenvalue weighted by molar-refractivity contribution is 5.94. The largest absolute Gasteiger partial charge is 0.478 e. The Hall–Kier alpha value is -1.55. The molecule has 1 aliphatic rings. The summed E-state index contributed by atoms with van der Waals surface area (Å²) in [7, 11) is 1.91. The lowest BCUT2D eigenvalue weighted by atomic mass is 9.82. The number of hydrogen-bond donors (Lipinski definition) is 2. The molecule has 0 unspecified atom stereocenters. The molecule has 2 rings (SSSR count). The second kappa shape index (κ2) is 4.98. The second-order valence-corrected chi connectivity index (χ2v) is 5.20. The Bertz CT molecular complexity index is 452. The second-order valence-electron chi connectivity index (χ2n) is 5.20. The van der Waals surface area contributed by atoms with Gasteiger partial charge in [-0.05, 0) is 43.4 Å². The molecule has 0 amide bonds. The number of carboxylic acid groups (broad SMARTS) is 1. The molecule has 0 atom stereocenters. The Kier molecular flexibility index (Phi) is 3.57. The maximum Gasteiger partial charge on any atom is 0.337 e. The van der Waals surface area contributed by atoms with Crippen molar-refractivity contribution in [3.63, 3.8) is 0 Å². The smallest absolute Gasteiger partial charge is 0.337 e. The molecule has 1 aromatic carbocycles. The lowest BCUT2D eigenvalue weighted by molar-refractivity contribution is 0.0463. The summed E-state index contributed by atoms with van der Waals surface area (Å²) in [4.78, 5) is 13.2. The molecule has 1 aromatic rings. The third kappa shape index (κ3) is 2.64. The van der Waals surface area contributed by atoms with E-state index >= 15 is 0 Å². The minimum absolute atomic E-state index is 0.167. The van der Waals surface area contributed by atoms with E-state index in [9.17, 15) is 15.0 Å². The van der Waals surface area contributed by atoms with Crippen molar-refractivity contribution in [3.05, 3.63) is 29.3 Å². The molecule has 98 valence electrons. The van der Waals surface area contributed by atoms with E-state index < -0.39 is 5.97 Å². The maximum atomic E-state index is 11.2. The zero-order valence-corrected chi connectivity index (χ0v) is 10.8. The number of hydrogen-bond acceptors (Lipinski definition) is 3. The predicted molar refractivity (Wildman–Crippen MR) is 70.1 cm³/mol. The van der Waals surface area contributed by atoms with Crippen LogP contribution in [0, 0.1) is 12.8 Å². The van der Waals surface area contributed by atoms with Crippen LogP contribution in [0.3, 0.4) is 0 Å². The predicted octanol–water partition coefficient (Wildman–Crippen LogP) is 1.90. The van der Waals surface area contributed by atoms with Crippen molar-refractivity contribution in [2.45, 2.75) is 25.9 Å². The van der Waals surface area contributed by atoms with E-state index in [0.717, 1.165) is 30.6 Å². The Morgan fingerprint density at radius 3 is 2.67 bits per heavy atom. The van der Waals surface area contributed by atoms with Crippen molar-refractivity contribution in [2.24, 2.45) is 5.92 Å². The van der Waals surface area contributed by atoms with Gasteiger partial charge in [-0.2, -0.15) is 0 Å². The number of carboxylic acids is 1. The van der Waals surface area contributed by atoms with Gasteiger partial charge in [-0.1, -0.05) is 6.07 Å². The highest BCUT2D eigenvalue weighted by atomic mass is 16.4. The van der Waals surface area contributed by atoms with Crippen molar-refractivity contribution < 1.29 is 15.0 Å². The number of rotatable bonds is 4. The lowest BCUT2D eigenvalue weighted by Gasteiger charge is -2.35. The van der Waals surface area contributed by atoms with Crippen LogP contribution in [0.4, 0.5) is 5.69 Å². The molecule has 4 nitrogen and oxygen atoms in total. The fourth-order valence-corrected chi connectivity index (χ4v) is 2.47. The average Bonchev–Trinajstić information content (AvgIpc) is 2.26. The third-order valence-corrected chi connectivity index (χ3v) is 3.54. The Balaban J connectivity index is 2.15. The first-order chi connectivity index (χ1) is 8.47. The topological polar surface area (TPSA) is 60.8 Å². The molecule has 0 saturated heterocycles. The van der Waals surface area contributed by atoms with E-state index in [0.29, 0.717) is 11.5 Å². The van der Waals surface area contributed by atoms with Crippen molar-refractivity contribution in [3.8, 4) is 0 Å². The fraction of sp³-hybridized carbons (Fsp3) is 0.500. The average molecular weight is 249 g/mol. The molecule has 0 spiro atoms. The molecule has 0 bridgehead atoms. The zero-order chi connectivity index (χ0) is 13.3. The third-order valence-electron chi connectivity index (χ3n) is 3.54. The summed E-state index contributed by atoms with van der Waals surface area (Å²) in [6.07, 6.45) is 1.47. The molecule has 1 fully saturated rings. The Morgan fingerprint density at radius 1 is 1.44 bits per heavy atom. The number of carbonyl (C=O) groups is 1. The van der Waals surface area contributed by atoms with Gasteiger partial charge in [0.1, 0.15) is 0 Å². The van der Waals surface area contributed by atoms with Gasteiger partial charge in [-0.15, -0.1) is 0 Å². The standard InChI is InChI=1S/C14H19NO3/c1-9-3-4-12(14(17)18)13(5-9)15(2)8-10-6-11(16)7-10/h3-5,10-11,16H,6-8H2,1-2H3,(H,17,18). The van der Waals surface area contributed by atoms with Gasteiger partial charge in [-0.25, -0.2) is 4.79 Å². The van der Waals surface area contributed by atoms with Crippen molar-refractivity contribution in [2.75, 3.05) is 18.5 Å². The molecule has 18 heavy (non-hydrogen) atoms. The number of aryl methyl sites for hydroxylation is 1. The van der Waals surface area contributed by atoms with Gasteiger partial charge >= 0.3 is 5.97 Å². The highest BCUT2D eigenvalue weighted by Gasteiger charge is 2.28. The minimum atomic E-state index is -0.898. The van der Waals surface area contributed by atoms with Crippen LogP contribution in [-0.2, 0) is 0 Å². The van der Waals surface area contributed by atoms with E-state index in [1.165, 1.54) is 0 Å². The van der Waals surface area contributed by atoms with E-state index in [4.69, 9.17) is 0 Å². The van der Waals surface area contributed by atoms with Crippen LogP contribution < -0.4 is 4.90 Å². The Labute approximate surface area is 107 Å². The summed E-state index contributed by atoms with van der Waals surface area (Å²) >= 11 is 0. The van der Waals surface area contributed by atoms with E-state index in [2.05, 4.69) is 0 Å². The molecule has 2 N–H and O–H groups in total. The molecule has 4 heteroatoms. The number of nitrogens with zero attached hydrogens (tertiary/aromatic N) is 1. The van der Waals surface area contributed by atoms with Crippen molar-refractivity contribution in [1.82, 2.24) is 0 Å². The van der Waals surface area contributed by atoms with E-state index in [1.54, 1.807) is 6.07 Å². The highest BCUT2D eigenvalue weighted by Crippen LogP contribution is 2.30. The van der Waals surface area contributed by atoms with Crippen molar-refractivity contribution in [1.29, 1.82) is 0 Å². The molecule has 0 aromatic heterocycles. The summed E-state index contributed by atoms with van der Waals surface area (Å²) in [5, 5.41) is 18.5. The summed E-state index contributed by atoms with van der Waals surface area (Å²) in [6.45, 7) is 2.75. The zero-order valence-electron chi connectivity index (χ0n) is 10.8. The van der Waals surface area contributed by atoms with Gasteiger partial charge < -0.3 is 15.1 Å². The first-order valence-electron chi connectivity index (χ1n) is 6.20. The normalized spacial score (nSPS) is 22.4. The Morgan fingerprint density at radius 2 is 2.11 bits per heavy atom. The molecule has 0 aliphatic heterocycles. The molecular formula is C14H19NO3. The van der Waals surface area contributed by atoms with Crippen molar-refractivity contribution >= 4 is 11.7 Å². The van der Waals surface area contributed by atoms with Crippen LogP contribution >= 0.6 is 0 Å². The number of anilines is 1. The number of aliphatic hydroxyl groups excluding tert-OH is 1. The molecule has 0 radical (unpaired) electrons. The quantitative estimate of drug-likeness (QED) is 0.855. The number of aromatic carboxylic acids is 1. The van der Waals surface area contributed by atoms with Gasteiger partial charge in [0.05, 0.1) is 17.4 Å². The van der Waals surface area contributed by atoms with Crippen LogP contribution in [0.2, 0.25) is 0 Å². The summed E-state index contributed by atoms with van der Waals surface area (Å²) < 4.78 is 0. The van der Waals surface area contributed by atoms with Gasteiger partial charge in [0.2, 0.25) is 0 Å². The minimum Gasteiger partial charge on any atom is -0.478 e. The molecule has 1 saturated carbocycles. The monoisotopic (exact) mass is 249 g/mol. The van der Waals surface area contributed by atoms with Crippen LogP contribution in [0.1, 0.15) is 28.8 Å². The SMILES string of the molecule is Cc1ccc(C(=O)O)c(N(C)CC2CC(O)C2)c1. The van der Waals surface area contributed by atoms with E-state index in [1.807, 2.05) is 31.0 Å². The summed E-state index contributed by atoms with van der Waals surface area (Å²) in [6, 6.07) is 5.37. The summed E-state index contributed by atoms with van der Waals surface area (Å²) in [5.41, 5.74) is 2.14. The molecule has 0 heterocycles. The first kappa shape index (κ1) is 12.9. The van der Waals surface area contributed by atoms with Gasteiger partial charge in [-0.3, -0.25) is 0 Å². The number of aliphatic hydroxyl groups is 1. The molecule has 1 aliphatic carbocycles. The van der Waals surface area contributed by atoms with Gasteiger partial charge in [0.15, 0.2) is 0 Å². The van der Waals surface area contributed by atoms with Gasteiger partial charge in [0.25, 0.3) is 0 Å². The van der Waals surface area contributed by atoms with Gasteiger partial charge in [0, 0.05) is 13.6 Å². The first-order valence-corrected chi connectivity index (χ1v) is 6.20. The maximum absolute atomic E-state index is 11.2. The van der Waals surface area contributed by atoms with Crippen LogP contribution in [0.25, 0.3) is 0 Å². The van der Waals surface area contributed by atoms with E-state index in [-0.39, 0.29) is 6.10 Å². The lowest BCUT2D eigenvalue weighted by Crippen LogP contribution is -2.37. The van der Waals surface area contributed by atoms with Crippen LogP contribution in [0.15, 0.2) is 18.2 Å². The fourth-order valence-electron chi connectivity index (χ4n) is 2.47. The molecular weight excluding hydrogens is 230 g/mol. The van der Waals surface area contributed by atoms with Crippen LogP contribution in [-0.4, -0.2) is 35.9 Å². The van der Waals surface area contributed by atoms with Crippen LogP contribution in [0.5, 0.6) is 0 Å².